The van der Waals surface area contributed by atoms with Gasteiger partial charge in [0.15, 0.2) is 10.8 Å². The van der Waals surface area contributed by atoms with Crippen LogP contribution >= 0.6 is 11.3 Å². The van der Waals surface area contributed by atoms with Gasteiger partial charge in [0.25, 0.3) is 5.69 Å². The zero-order valence-corrected chi connectivity index (χ0v) is 15.6. The van der Waals surface area contributed by atoms with Gasteiger partial charge in [-0.3, -0.25) is 10.1 Å². The highest BCUT2D eigenvalue weighted by atomic mass is 32.2. The number of furan rings is 1. The molecule has 0 unspecified atom stereocenters. The van der Waals surface area contributed by atoms with Gasteiger partial charge in [-0.1, -0.05) is 0 Å². The molecule has 2 aromatic heterocycles. The number of aromatic nitrogens is 1. The lowest BCUT2D eigenvalue weighted by Crippen LogP contribution is -2.24. The first-order valence-corrected chi connectivity index (χ1v) is 9.83. The number of nitrogens with one attached hydrogen (secondary N) is 1. The Morgan fingerprint density at radius 3 is 2.69 bits per heavy atom. The van der Waals surface area contributed by atoms with Crippen LogP contribution < -0.4 is 4.72 Å². The average molecular weight is 393 g/mol. The van der Waals surface area contributed by atoms with Crippen LogP contribution in [0.15, 0.2) is 45.9 Å². The lowest BCUT2D eigenvalue weighted by Gasteiger charge is -2.08. The van der Waals surface area contributed by atoms with Crippen LogP contribution in [0.1, 0.15) is 16.1 Å². The summed E-state index contributed by atoms with van der Waals surface area (Å²) in [4.78, 5) is 15.4. The molecule has 0 aliphatic heterocycles. The van der Waals surface area contributed by atoms with Crippen LogP contribution in [-0.4, -0.2) is 18.3 Å². The molecule has 0 radical (unpaired) electrons. The minimum atomic E-state index is -3.81. The highest BCUT2D eigenvalue weighted by molar-refractivity contribution is 7.89. The second-order valence-electron chi connectivity index (χ2n) is 5.54. The third-order valence-corrected chi connectivity index (χ3v) is 6.44. The fourth-order valence-corrected chi connectivity index (χ4v) is 4.67. The van der Waals surface area contributed by atoms with E-state index in [9.17, 15) is 18.5 Å². The minimum Gasteiger partial charge on any atom is -0.462 e. The molecule has 0 aliphatic carbocycles. The number of nitro groups is 1. The number of aryl methyl sites for hydroxylation is 2. The van der Waals surface area contributed by atoms with E-state index in [0.717, 1.165) is 4.88 Å². The van der Waals surface area contributed by atoms with Crippen molar-refractivity contribution >= 4 is 27.0 Å². The van der Waals surface area contributed by atoms with Gasteiger partial charge in [-0.15, -0.1) is 11.3 Å². The van der Waals surface area contributed by atoms with Gasteiger partial charge in [0.2, 0.25) is 10.0 Å². The molecule has 3 rings (SSSR count). The van der Waals surface area contributed by atoms with E-state index in [1.807, 2.05) is 0 Å². The van der Waals surface area contributed by atoms with Crippen LogP contribution in [0.25, 0.3) is 10.8 Å². The van der Waals surface area contributed by atoms with E-state index in [2.05, 4.69) is 9.71 Å². The highest BCUT2D eigenvalue weighted by Crippen LogP contribution is 2.28. The van der Waals surface area contributed by atoms with Crippen molar-refractivity contribution in [3.63, 3.8) is 0 Å². The monoisotopic (exact) mass is 393 g/mol. The molecule has 3 aromatic rings. The molecule has 0 atom stereocenters. The Morgan fingerprint density at radius 2 is 2.08 bits per heavy atom. The quantitative estimate of drug-likeness (QED) is 0.507. The summed E-state index contributed by atoms with van der Waals surface area (Å²) in [7, 11) is -3.81. The van der Waals surface area contributed by atoms with Crippen molar-refractivity contribution in [2.24, 2.45) is 0 Å². The zero-order valence-electron chi connectivity index (χ0n) is 13.9. The number of nitrogens with zero attached hydrogens (tertiary/aromatic N) is 2. The number of nitro benzene ring substituents is 1. The Labute approximate surface area is 153 Å². The topological polar surface area (TPSA) is 115 Å². The Kier molecular flexibility index (Phi) is 4.90. The van der Waals surface area contributed by atoms with Crippen LogP contribution in [0, 0.1) is 24.0 Å². The van der Waals surface area contributed by atoms with E-state index < -0.39 is 14.9 Å². The molecule has 1 N–H and O–H groups in total. The van der Waals surface area contributed by atoms with E-state index in [4.69, 9.17) is 4.42 Å². The Balaban J connectivity index is 1.80. The van der Waals surface area contributed by atoms with Gasteiger partial charge in [-0.2, -0.15) is 0 Å². The Bertz CT molecular complexity index is 1060. The van der Waals surface area contributed by atoms with Crippen molar-refractivity contribution in [2.75, 3.05) is 0 Å². The van der Waals surface area contributed by atoms with Crippen LogP contribution in [-0.2, 0) is 16.6 Å². The van der Waals surface area contributed by atoms with Gasteiger partial charge in [-0.05, 0) is 37.6 Å². The molecule has 8 nitrogen and oxygen atoms in total. The number of thiazole rings is 1. The first-order chi connectivity index (χ1) is 12.3. The van der Waals surface area contributed by atoms with E-state index in [1.165, 1.54) is 36.5 Å². The summed E-state index contributed by atoms with van der Waals surface area (Å²) >= 11 is 1.34. The van der Waals surface area contributed by atoms with Crippen molar-refractivity contribution in [1.29, 1.82) is 0 Å². The van der Waals surface area contributed by atoms with Crippen molar-refractivity contribution in [2.45, 2.75) is 25.3 Å². The van der Waals surface area contributed by atoms with Crippen LogP contribution in [0.3, 0.4) is 0 Å². The van der Waals surface area contributed by atoms with Gasteiger partial charge in [-0.25, -0.2) is 18.1 Å². The van der Waals surface area contributed by atoms with E-state index in [-0.39, 0.29) is 17.1 Å². The highest BCUT2D eigenvalue weighted by Gasteiger charge is 2.20. The van der Waals surface area contributed by atoms with Crippen LogP contribution in [0.4, 0.5) is 5.69 Å². The predicted molar refractivity (Wildman–Crippen MR) is 96.4 cm³/mol. The summed E-state index contributed by atoms with van der Waals surface area (Å²) in [6.45, 7) is 3.39. The van der Waals surface area contributed by atoms with Gasteiger partial charge < -0.3 is 4.42 Å². The molecule has 0 spiro atoms. The van der Waals surface area contributed by atoms with E-state index >= 15 is 0 Å². The van der Waals surface area contributed by atoms with Crippen LogP contribution in [0.5, 0.6) is 0 Å². The number of benzene rings is 1. The van der Waals surface area contributed by atoms with Crippen molar-refractivity contribution in [3.8, 4) is 10.8 Å². The van der Waals surface area contributed by atoms with Gasteiger partial charge in [0, 0.05) is 23.6 Å². The maximum absolute atomic E-state index is 12.5. The molecule has 0 amide bonds. The molecule has 10 heteroatoms. The van der Waals surface area contributed by atoms with Crippen molar-refractivity contribution in [3.05, 3.63) is 62.8 Å². The number of sulfonamides is 1. The van der Waals surface area contributed by atoms with Gasteiger partial charge >= 0.3 is 0 Å². The smallest absolute Gasteiger partial charge is 0.269 e. The summed E-state index contributed by atoms with van der Waals surface area (Å²) in [6, 6.07) is 7.19. The molecule has 1 aromatic carbocycles. The van der Waals surface area contributed by atoms with Crippen LogP contribution in [0.2, 0.25) is 0 Å². The summed E-state index contributed by atoms with van der Waals surface area (Å²) in [5.74, 6) is 0.624. The number of rotatable bonds is 6. The largest absolute Gasteiger partial charge is 0.462 e. The summed E-state index contributed by atoms with van der Waals surface area (Å²) in [5.41, 5.74) is 0.872. The average Bonchev–Trinajstić information content (AvgIpc) is 3.22. The molecule has 0 fully saturated rings. The first kappa shape index (κ1) is 18.2. The lowest BCUT2D eigenvalue weighted by molar-refractivity contribution is -0.385. The van der Waals surface area contributed by atoms with E-state index in [0.29, 0.717) is 22.0 Å². The standard InChI is InChI=1S/C16H15N3O5S2/c1-10-8-12(19(20)21)5-6-15(10)26(22,23)17-9-14-11(2)18-16(25-14)13-4-3-7-24-13/h3-8,17H,9H2,1-2H3. The first-order valence-electron chi connectivity index (χ1n) is 7.53. The Morgan fingerprint density at radius 1 is 1.31 bits per heavy atom. The fraction of sp³-hybridized carbons (Fsp3) is 0.188. The second kappa shape index (κ2) is 6.98. The number of hydrogen-bond acceptors (Lipinski definition) is 7. The molecule has 0 saturated heterocycles. The zero-order chi connectivity index (χ0) is 18.9. The van der Waals surface area contributed by atoms with Crippen molar-refractivity contribution < 1.29 is 17.8 Å². The Hall–Kier alpha value is -2.56. The van der Waals surface area contributed by atoms with Gasteiger partial charge in [0.1, 0.15) is 0 Å². The molecule has 0 aliphatic rings. The normalized spacial score (nSPS) is 11.6. The van der Waals surface area contributed by atoms with E-state index in [1.54, 1.807) is 25.3 Å². The third kappa shape index (κ3) is 3.66. The second-order valence-corrected chi connectivity index (χ2v) is 8.36. The van der Waals surface area contributed by atoms with Gasteiger partial charge in [0.05, 0.1) is 21.8 Å². The summed E-state index contributed by atoms with van der Waals surface area (Å²) in [6.07, 6.45) is 1.55. The SMILES string of the molecule is Cc1cc([N+](=O)[O-])ccc1S(=O)(=O)NCc1sc(-c2ccco2)nc1C. The predicted octanol–water partition coefficient (Wildman–Crippen LogP) is 3.41. The summed E-state index contributed by atoms with van der Waals surface area (Å²) in [5, 5.41) is 11.5. The molecule has 136 valence electrons. The minimum absolute atomic E-state index is 0.0107. The number of non-ortho nitro benzene ring substituents is 1. The molecule has 0 bridgehead atoms. The molecule has 2 heterocycles. The third-order valence-electron chi connectivity index (χ3n) is 3.71. The molecular weight excluding hydrogens is 378 g/mol. The fourth-order valence-electron chi connectivity index (χ4n) is 2.38. The van der Waals surface area contributed by atoms with Crippen molar-refractivity contribution in [1.82, 2.24) is 9.71 Å². The maximum atomic E-state index is 12.5. The number of hydrogen-bond donors (Lipinski definition) is 1. The summed E-state index contributed by atoms with van der Waals surface area (Å²) < 4.78 is 32.9. The molecular formula is C16H15N3O5S2. The maximum Gasteiger partial charge on any atom is 0.269 e. The lowest BCUT2D eigenvalue weighted by atomic mass is 10.2. The molecule has 0 saturated carbocycles. The molecule has 26 heavy (non-hydrogen) atoms.